The Balaban J connectivity index is 1.26. The van der Waals surface area contributed by atoms with Crippen LogP contribution < -0.4 is 11.1 Å². The fourth-order valence-electron chi connectivity index (χ4n) is 4.51. The number of benzene rings is 3. The maximum Gasteiger partial charge on any atom is 0.256 e. The normalized spacial score (nSPS) is 14.3. The Morgan fingerprint density at radius 1 is 0.886 bits per heavy atom. The first kappa shape index (κ1) is 22.8. The SMILES string of the molecule is Cc1cccc(Nc2ccccc2C(=O)N2CCN(Cc3nc(N)c4ccccc4n3)CC2)c1C. The van der Waals surface area contributed by atoms with Crippen LogP contribution >= 0.6 is 0 Å². The molecule has 1 amide bonds. The maximum atomic E-state index is 13.4. The van der Waals surface area contributed by atoms with Gasteiger partial charge in [-0.2, -0.15) is 0 Å². The lowest BCUT2D eigenvalue weighted by atomic mass is 10.1. The van der Waals surface area contributed by atoms with Crippen LogP contribution in [0.5, 0.6) is 0 Å². The summed E-state index contributed by atoms with van der Waals surface area (Å²) in [5.74, 6) is 1.26. The quantitative estimate of drug-likeness (QED) is 0.449. The second-order valence-corrected chi connectivity index (χ2v) is 9.03. The number of nitrogens with zero attached hydrogens (tertiary/aromatic N) is 4. The van der Waals surface area contributed by atoms with E-state index in [0.717, 1.165) is 35.4 Å². The first-order valence-electron chi connectivity index (χ1n) is 11.9. The predicted molar refractivity (Wildman–Crippen MR) is 141 cm³/mol. The number of fused-ring (bicyclic) bond motifs is 1. The predicted octanol–water partition coefficient (Wildman–Crippen LogP) is 4.53. The fourth-order valence-corrected chi connectivity index (χ4v) is 4.51. The zero-order valence-electron chi connectivity index (χ0n) is 20.2. The Morgan fingerprint density at radius 2 is 1.60 bits per heavy atom. The summed E-state index contributed by atoms with van der Waals surface area (Å²) in [6.07, 6.45) is 0. The molecule has 3 aromatic carbocycles. The Morgan fingerprint density at radius 3 is 2.43 bits per heavy atom. The van der Waals surface area contributed by atoms with Gasteiger partial charge in [-0.1, -0.05) is 36.4 Å². The van der Waals surface area contributed by atoms with Crippen molar-refractivity contribution in [1.29, 1.82) is 0 Å². The van der Waals surface area contributed by atoms with E-state index < -0.39 is 0 Å². The first-order valence-corrected chi connectivity index (χ1v) is 11.9. The van der Waals surface area contributed by atoms with E-state index in [1.54, 1.807) is 0 Å². The molecule has 0 spiro atoms. The molecule has 0 atom stereocenters. The Hall–Kier alpha value is -3.97. The number of aromatic nitrogens is 2. The van der Waals surface area contributed by atoms with Gasteiger partial charge in [-0.15, -0.1) is 0 Å². The number of hydrogen-bond acceptors (Lipinski definition) is 6. The summed E-state index contributed by atoms with van der Waals surface area (Å²) in [5, 5.41) is 4.35. The lowest BCUT2D eigenvalue weighted by Gasteiger charge is -2.34. The zero-order valence-corrected chi connectivity index (χ0v) is 20.2. The number of hydrogen-bond donors (Lipinski definition) is 2. The first-order chi connectivity index (χ1) is 17.0. The highest BCUT2D eigenvalue weighted by Gasteiger charge is 2.24. The number of nitrogens with two attached hydrogens (primary N) is 1. The lowest BCUT2D eigenvalue weighted by Crippen LogP contribution is -2.48. The third-order valence-electron chi connectivity index (χ3n) is 6.73. The van der Waals surface area contributed by atoms with E-state index in [2.05, 4.69) is 40.1 Å². The fraction of sp³-hybridized carbons (Fsp3) is 0.250. The highest BCUT2D eigenvalue weighted by atomic mass is 16.2. The molecule has 0 radical (unpaired) electrons. The minimum Gasteiger partial charge on any atom is -0.383 e. The van der Waals surface area contributed by atoms with Crippen molar-refractivity contribution in [2.24, 2.45) is 0 Å². The van der Waals surface area contributed by atoms with Gasteiger partial charge in [0.25, 0.3) is 5.91 Å². The molecule has 0 saturated carbocycles. The maximum absolute atomic E-state index is 13.4. The van der Waals surface area contributed by atoms with Crippen molar-refractivity contribution < 1.29 is 4.79 Å². The summed E-state index contributed by atoms with van der Waals surface area (Å²) in [6.45, 7) is 7.62. The molecular formula is C28H30N6O. The molecule has 35 heavy (non-hydrogen) atoms. The van der Waals surface area contributed by atoms with Gasteiger partial charge in [0, 0.05) is 37.3 Å². The Kier molecular flexibility index (Phi) is 6.33. The smallest absolute Gasteiger partial charge is 0.256 e. The number of nitrogen functional groups attached to an aromatic ring is 1. The van der Waals surface area contributed by atoms with Crippen LogP contribution in [0.3, 0.4) is 0 Å². The van der Waals surface area contributed by atoms with Crippen molar-refractivity contribution in [3.63, 3.8) is 0 Å². The molecule has 4 aromatic rings. The number of carbonyl (C=O) groups excluding carboxylic acids is 1. The van der Waals surface area contributed by atoms with Crippen molar-refractivity contribution in [3.05, 3.63) is 89.2 Å². The van der Waals surface area contributed by atoms with Gasteiger partial charge in [0.2, 0.25) is 0 Å². The average Bonchev–Trinajstić information content (AvgIpc) is 2.87. The number of anilines is 3. The summed E-state index contributed by atoms with van der Waals surface area (Å²) < 4.78 is 0. The van der Waals surface area contributed by atoms with Crippen molar-refractivity contribution in [2.75, 3.05) is 37.2 Å². The van der Waals surface area contributed by atoms with Gasteiger partial charge in [0.05, 0.1) is 23.3 Å². The van der Waals surface area contributed by atoms with Crippen molar-refractivity contribution >= 4 is 34.0 Å². The summed E-state index contributed by atoms with van der Waals surface area (Å²) in [6, 6.07) is 21.7. The largest absolute Gasteiger partial charge is 0.383 e. The lowest BCUT2D eigenvalue weighted by molar-refractivity contribution is 0.0626. The molecule has 2 heterocycles. The van der Waals surface area contributed by atoms with E-state index in [1.807, 2.05) is 65.6 Å². The minimum absolute atomic E-state index is 0.0456. The van der Waals surface area contributed by atoms with E-state index in [-0.39, 0.29) is 5.91 Å². The van der Waals surface area contributed by atoms with Crippen LogP contribution in [-0.2, 0) is 6.54 Å². The van der Waals surface area contributed by atoms with Crippen molar-refractivity contribution in [1.82, 2.24) is 19.8 Å². The highest BCUT2D eigenvalue weighted by molar-refractivity contribution is 6.00. The van der Waals surface area contributed by atoms with Gasteiger partial charge < -0.3 is 16.0 Å². The number of amides is 1. The molecule has 5 rings (SSSR count). The van der Waals surface area contributed by atoms with E-state index in [1.165, 1.54) is 11.1 Å². The number of nitrogens with one attached hydrogen (secondary N) is 1. The molecule has 0 bridgehead atoms. The molecule has 0 unspecified atom stereocenters. The molecule has 1 fully saturated rings. The van der Waals surface area contributed by atoms with Crippen molar-refractivity contribution in [3.8, 4) is 0 Å². The molecule has 7 heteroatoms. The van der Waals surface area contributed by atoms with Gasteiger partial charge in [0.1, 0.15) is 11.6 Å². The number of aryl methyl sites for hydroxylation is 1. The summed E-state index contributed by atoms with van der Waals surface area (Å²) in [7, 11) is 0. The van der Waals surface area contributed by atoms with Crippen molar-refractivity contribution in [2.45, 2.75) is 20.4 Å². The Bertz CT molecular complexity index is 1380. The molecule has 1 aliphatic rings. The standard InChI is InChI=1S/C28H30N6O/c1-19-8-7-13-23(20(19)2)30-25-12-6-4-10-22(25)28(35)34-16-14-33(15-17-34)18-26-31-24-11-5-3-9-21(24)27(29)32-26/h3-13,30H,14-18H2,1-2H3,(H2,29,31,32). The summed E-state index contributed by atoms with van der Waals surface area (Å²) >= 11 is 0. The third-order valence-corrected chi connectivity index (χ3v) is 6.73. The monoisotopic (exact) mass is 466 g/mol. The number of piperazine rings is 1. The molecule has 1 aliphatic heterocycles. The molecule has 0 aliphatic carbocycles. The van der Waals surface area contributed by atoms with E-state index in [4.69, 9.17) is 5.73 Å². The third kappa shape index (κ3) is 4.81. The van der Waals surface area contributed by atoms with Crippen LogP contribution in [0.15, 0.2) is 66.7 Å². The molecule has 3 N–H and O–H groups in total. The number of para-hydroxylation sites is 2. The molecule has 1 aromatic heterocycles. The van der Waals surface area contributed by atoms with E-state index in [0.29, 0.717) is 36.8 Å². The van der Waals surface area contributed by atoms with Gasteiger partial charge in [0.15, 0.2) is 0 Å². The van der Waals surface area contributed by atoms with Gasteiger partial charge in [-0.25, -0.2) is 9.97 Å². The Labute approximate surface area is 205 Å². The van der Waals surface area contributed by atoms with Crippen LogP contribution in [0.1, 0.15) is 27.3 Å². The summed E-state index contributed by atoms with van der Waals surface area (Å²) in [5.41, 5.74) is 11.9. The second kappa shape index (κ2) is 9.72. The van der Waals surface area contributed by atoms with Crippen LogP contribution in [0.2, 0.25) is 0 Å². The molecular weight excluding hydrogens is 436 g/mol. The van der Waals surface area contributed by atoms with Gasteiger partial charge in [-0.3, -0.25) is 9.69 Å². The second-order valence-electron chi connectivity index (χ2n) is 9.03. The van der Waals surface area contributed by atoms with Gasteiger partial charge >= 0.3 is 0 Å². The minimum atomic E-state index is 0.0456. The molecule has 1 saturated heterocycles. The van der Waals surface area contributed by atoms with Crippen LogP contribution in [0.25, 0.3) is 10.9 Å². The zero-order chi connectivity index (χ0) is 24.4. The van der Waals surface area contributed by atoms with E-state index >= 15 is 0 Å². The van der Waals surface area contributed by atoms with Crippen LogP contribution in [0, 0.1) is 13.8 Å². The average molecular weight is 467 g/mol. The molecule has 7 nitrogen and oxygen atoms in total. The molecule has 178 valence electrons. The number of carbonyl (C=O) groups is 1. The number of rotatable bonds is 5. The highest BCUT2D eigenvalue weighted by Crippen LogP contribution is 2.26. The van der Waals surface area contributed by atoms with Crippen LogP contribution in [0.4, 0.5) is 17.2 Å². The summed E-state index contributed by atoms with van der Waals surface area (Å²) in [4.78, 5) is 26.8. The van der Waals surface area contributed by atoms with E-state index in [9.17, 15) is 4.79 Å². The van der Waals surface area contributed by atoms with Gasteiger partial charge in [-0.05, 0) is 55.3 Å². The topological polar surface area (TPSA) is 87.4 Å². The van der Waals surface area contributed by atoms with Crippen LogP contribution in [-0.4, -0.2) is 51.9 Å².